The molecule has 0 aromatic heterocycles. The van der Waals surface area contributed by atoms with Crippen LogP contribution in [-0.4, -0.2) is 15.0 Å². The Hall–Kier alpha value is -1.07. The SMILES string of the molecule is CCCCCNS(=O)(=O)c1cc(N)cc(C)c1C. The number of unbranched alkanes of at least 4 members (excludes halogenated alkanes) is 2. The first-order valence-electron chi connectivity index (χ1n) is 6.25. The van der Waals surface area contributed by atoms with E-state index in [2.05, 4.69) is 11.6 Å². The van der Waals surface area contributed by atoms with E-state index < -0.39 is 10.0 Å². The summed E-state index contributed by atoms with van der Waals surface area (Å²) in [6.45, 7) is 6.22. The number of nitrogens with one attached hydrogen (secondary N) is 1. The first-order valence-corrected chi connectivity index (χ1v) is 7.73. The molecular weight excluding hydrogens is 248 g/mol. The van der Waals surface area contributed by atoms with Gasteiger partial charge in [-0.1, -0.05) is 19.8 Å². The molecule has 3 N–H and O–H groups in total. The molecule has 102 valence electrons. The lowest BCUT2D eigenvalue weighted by Gasteiger charge is -2.12. The summed E-state index contributed by atoms with van der Waals surface area (Å²) in [6, 6.07) is 3.30. The number of nitrogen functional groups attached to an aromatic ring is 1. The third-order valence-corrected chi connectivity index (χ3v) is 4.59. The van der Waals surface area contributed by atoms with Gasteiger partial charge in [0.25, 0.3) is 0 Å². The molecule has 0 fully saturated rings. The highest BCUT2D eigenvalue weighted by Crippen LogP contribution is 2.22. The highest BCUT2D eigenvalue weighted by molar-refractivity contribution is 7.89. The lowest BCUT2D eigenvalue weighted by atomic mass is 10.1. The molecule has 18 heavy (non-hydrogen) atoms. The molecule has 1 aromatic carbocycles. The van der Waals surface area contributed by atoms with Crippen LogP contribution in [0, 0.1) is 13.8 Å². The van der Waals surface area contributed by atoms with Gasteiger partial charge in [0, 0.05) is 12.2 Å². The predicted molar refractivity (Wildman–Crippen MR) is 75.0 cm³/mol. The van der Waals surface area contributed by atoms with Gasteiger partial charge >= 0.3 is 0 Å². The molecule has 0 atom stereocenters. The predicted octanol–water partition coefficient (Wildman–Crippen LogP) is 2.35. The van der Waals surface area contributed by atoms with E-state index in [9.17, 15) is 8.42 Å². The van der Waals surface area contributed by atoms with Gasteiger partial charge < -0.3 is 5.73 Å². The van der Waals surface area contributed by atoms with E-state index in [0.29, 0.717) is 12.2 Å². The van der Waals surface area contributed by atoms with Crippen molar-refractivity contribution in [1.82, 2.24) is 4.72 Å². The Labute approximate surface area is 110 Å². The number of hydrogen-bond acceptors (Lipinski definition) is 3. The molecule has 0 saturated carbocycles. The lowest BCUT2D eigenvalue weighted by molar-refractivity contribution is 0.575. The van der Waals surface area contributed by atoms with E-state index >= 15 is 0 Å². The van der Waals surface area contributed by atoms with Crippen molar-refractivity contribution < 1.29 is 8.42 Å². The average molecular weight is 270 g/mol. The standard InChI is InChI=1S/C13H22N2O2S/c1-4-5-6-7-15-18(16,17)13-9-12(14)8-10(2)11(13)3/h8-9,15H,4-7,14H2,1-3H3. The fraction of sp³-hybridized carbons (Fsp3) is 0.538. The second-order valence-corrected chi connectivity index (χ2v) is 6.30. The Morgan fingerprint density at radius 3 is 2.50 bits per heavy atom. The molecule has 0 unspecified atom stereocenters. The maximum Gasteiger partial charge on any atom is 0.240 e. The van der Waals surface area contributed by atoms with Gasteiger partial charge in [-0.05, 0) is 43.5 Å². The van der Waals surface area contributed by atoms with Crippen LogP contribution in [0.2, 0.25) is 0 Å². The van der Waals surface area contributed by atoms with Crippen LogP contribution < -0.4 is 10.5 Å². The number of hydrogen-bond donors (Lipinski definition) is 2. The van der Waals surface area contributed by atoms with Gasteiger partial charge in [-0.15, -0.1) is 0 Å². The summed E-state index contributed by atoms with van der Waals surface area (Å²) in [5, 5.41) is 0. The number of benzene rings is 1. The van der Waals surface area contributed by atoms with Crippen LogP contribution in [0.3, 0.4) is 0 Å². The molecule has 0 spiro atoms. The van der Waals surface area contributed by atoms with Gasteiger partial charge in [0.1, 0.15) is 0 Å². The average Bonchev–Trinajstić information content (AvgIpc) is 2.29. The van der Waals surface area contributed by atoms with Crippen LogP contribution >= 0.6 is 0 Å². The van der Waals surface area contributed by atoms with Crippen LogP contribution in [-0.2, 0) is 10.0 Å². The summed E-state index contributed by atoms with van der Waals surface area (Å²) in [4.78, 5) is 0.288. The second kappa shape index (κ2) is 6.20. The monoisotopic (exact) mass is 270 g/mol. The smallest absolute Gasteiger partial charge is 0.240 e. The van der Waals surface area contributed by atoms with E-state index in [0.717, 1.165) is 30.4 Å². The van der Waals surface area contributed by atoms with E-state index in [4.69, 9.17) is 5.73 Å². The number of sulfonamides is 1. The third kappa shape index (κ3) is 3.71. The molecule has 5 heteroatoms. The van der Waals surface area contributed by atoms with Crippen LogP contribution in [0.1, 0.15) is 37.3 Å². The van der Waals surface area contributed by atoms with E-state index in [-0.39, 0.29) is 4.90 Å². The normalized spacial score (nSPS) is 11.7. The summed E-state index contributed by atoms with van der Waals surface area (Å²) in [7, 11) is -3.45. The summed E-state index contributed by atoms with van der Waals surface area (Å²) in [5.74, 6) is 0. The van der Waals surface area contributed by atoms with Crippen LogP contribution in [0.25, 0.3) is 0 Å². The molecule has 0 aliphatic carbocycles. The number of nitrogens with two attached hydrogens (primary N) is 1. The fourth-order valence-electron chi connectivity index (χ4n) is 1.79. The highest BCUT2D eigenvalue weighted by Gasteiger charge is 2.17. The first-order chi connectivity index (χ1) is 8.38. The number of rotatable bonds is 6. The van der Waals surface area contributed by atoms with Crippen LogP contribution in [0.5, 0.6) is 0 Å². The Kier molecular flexibility index (Phi) is 5.16. The van der Waals surface area contributed by atoms with Crippen LogP contribution in [0.15, 0.2) is 17.0 Å². The maximum atomic E-state index is 12.2. The Bertz CT molecular complexity index is 510. The molecule has 0 aliphatic heterocycles. The lowest BCUT2D eigenvalue weighted by Crippen LogP contribution is -2.25. The zero-order valence-electron chi connectivity index (χ0n) is 11.3. The van der Waals surface area contributed by atoms with Crippen molar-refractivity contribution in [2.75, 3.05) is 12.3 Å². The largest absolute Gasteiger partial charge is 0.399 e. The molecule has 0 amide bonds. The minimum Gasteiger partial charge on any atom is -0.399 e. The van der Waals surface area contributed by atoms with Crippen molar-refractivity contribution in [3.8, 4) is 0 Å². The molecule has 1 rings (SSSR count). The summed E-state index contributed by atoms with van der Waals surface area (Å²) in [5.41, 5.74) is 7.84. The molecular formula is C13H22N2O2S. The van der Waals surface area contributed by atoms with Crippen molar-refractivity contribution in [2.24, 2.45) is 0 Å². The van der Waals surface area contributed by atoms with Gasteiger partial charge in [0.2, 0.25) is 10.0 Å². The van der Waals surface area contributed by atoms with Gasteiger partial charge in [0.15, 0.2) is 0 Å². The van der Waals surface area contributed by atoms with Crippen molar-refractivity contribution in [2.45, 2.75) is 44.9 Å². The second-order valence-electron chi connectivity index (χ2n) is 4.57. The molecule has 0 aliphatic rings. The Morgan fingerprint density at radius 1 is 1.22 bits per heavy atom. The van der Waals surface area contributed by atoms with Gasteiger partial charge in [-0.25, -0.2) is 13.1 Å². The molecule has 1 aromatic rings. The van der Waals surface area contributed by atoms with Crippen molar-refractivity contribution in [3.05, 3.63) is 23.3 Å². The Balaban J connectivity index is 2.91. The van der Waals surface area contributed by atoms with Gasteiger partial charge in [-0.2, -0.15) is 0 Å². The summed E-state index contributed by atoms with van der Waals surface area (Å²) < 4.78 is 26.9. The van der Waals surface area contributed by atoms with Crippen molar-refractivity contribution in [1.29, 1.82) is 0 Å². The summed E-state index contributed by atoms with van der Waals surface area (Å²) in [6.07, 6.45) is 2.95. The number of aryl methyl sites for hydroxylation is 1. The first kappa shape index (κ1) is 15.0. The molecule has 0 radical (unpaired) electrons. The molecule has 0 saturated heterocycles. The fourth-order valence-corrected chi connectivity index (χ4v) is 3.22. The number of anilines is 1. The van der Waals surface area contributed by atoms with E-state index in [1.165, 1.54) is 6.07 Å². The molecule has 0 bridgehead atoms. The van der Waals surface area contributed by atoms with Crippen molar-refractivity contribution in [3.63, 3.8) is 0 Å². The van der Waals surface area contributed by atoms with E-state index in [1.807, 2.05) is 6.92 Å². The molecule has 4 nitrogen and oxygen atoms in total. The highest BCUT2D eigenvalue weighted by atomic mass is 32.2. The van der Waals surface area contributed by atoms with E-state index in [1.54, 1.807) is 13.0 Å². The Morgan fingerprint density at radius 2 is 1.89 bits per heavy atom. The maximum absolute atomic E-state index is 12.2. The molecule has 0 heterocycles. The summed E-state index contributed by atoms with van der Waals surface area (Å²) >= 11 is 0. The zero-order chi connectivity index (χ0) is 13.8. The quantitative estimate of drug-likeness (QED) is 0.615. The van der Waals surface area contributed by atoms with Gasteiger partial charge in [0.05, 0.1) is 4.90 Å². The van der Waals surface area contributed by atoms with Crippen molar-refractivity contribution >= 4 is 15.7 Å². The third-order valence-electron chi connectivity index (χ3n) is 3.00. The zero-order valence-corrected chi connectivity index (χ0v) is 12.1. The topological polar surface area (TPSA) is 72.2 Å². The minimum atomic E-state index is -3.45. The minimum absolute atomic E-state index is 0.288. The van der Waals surface area contributed by atoms with Crippen LogP contribution in [0.4, 0.5) is 5.69 Å². The van der Waals surface area contributed by atoms with Gasteiger partial charge in [-0.3, -0.25) is 0 Å².